The monoisotopic (exact) mass is 575 g/mol. The van der Waals surface area contributed by atoms with E-state index in [0.717, 1.165) is 15.5 Å². The number of fused-ring (bicyclic) bond motifs is 1. The lowest BCUT2D eigenvalue weighted by Crippen LogP contribution is -2.33. The first-order valence-corrected chi connectivity index (χ1v) is 10.7. The van der Waals surface area contributed by atoms with Crippen LogP contribution in [-0.4, -0.2) is 51.5 Å². The first-order valence-electron chi connectivity index (χ1n) is 9.62. The smallest absolute Gasteiger partial charge is 0.320 e. The summed E-state index contributed by atoms with van der Waals surface area (Å²) < 4.78 is 36.6. The molecule has 1 unspecified atom stereocenters. The van der Waals surface area contributed by atoms with Crippen molar-refractivity contribution in [2.24, 2.45) is 7.05 Å². The number of halogens is 3. The molecule has 3 rings (SSSR count). The Balaban J connectivity index is 2.04. The Labute approximate surface area is 199 Å². The summed E-state index contributed by atoms with van der Waals surface area (Å²) in [5, 5.41) is 14.9. The quantitative estimate of drug-likeness (QED) is 0.267. The van der Waals surface area contributed by atoms with Gasteiger partial charge in [0.1, 0.15) is 30.2 Å². The van der Waals surface area contributed by atoms with Crippen LogP contribution in [0.1, 0.15) is 0 Å². The van der Waals surface area contributed by atoms with Crippen molar-refractivity contribution < 1.29 is 23.4 Å². The van der Waals surface area contributed by atoms with Crippen LogP contribution >= 0.6 is 22.6 Å². The molecule has 0 fully saturated rings. The van der Waals surface area contributed by atoms with Gasteiger partial charge in [-0.15, -0.1) is 0 Å². The highest BCUT2D eigenvalue weighted by molar-refractivity contribution is 14.1. The van der Waals surface area contributed by atoms with E-state index in [1.54, 1.807) is 13.1 Å². The fourth-order valence-corrected chi connectivity index (χ4v) is 3.50. The number of ether oxygens (including phenoxy) is 1. The Morgan fingerprint density at radius 2 is 2.03 bits per heavy atom. The molecular weight excluding hydrogens is 555 g/mol. The van der Waals surface area contributed by atoms with Crippen LogP contribution in [0.25, 0.3) is 11.0 Å². The number of hydrogen-bond donors (Lipinski definition) is 3. The molecule has 2 aromatic heterocycles. The molecule has 176 valence electrons. The number of carbonyl (C=O) groups is 1. The number of aromatic nitrogens is 3. The highest BCUT2D eigenvalue weighted by atomic mass is 127. The average molecular weight is 575 g/mol. The molecule has 0 radical (unpaired) electrons. The van der Waals surface area contributed by atoms with Gasteiger partial charge in [-0.05, 0) is 47.8 Å². The van der Waals surface area contributed by atoms with Gasteiger partial charge in [-0.1, -0.05) is 0 Å². The predicted octanol–water partition coefficient (Wildman–Crippen LogP) is 0.845. The number of likely N-dealkylation sites (N-methyl/N-ethyl adjacent to an activating group) is 1. The van der Waals surface area contributed by atoms with Crippen molar-refractivity contribution in [1.29, 1.82) is 0 Å². The van der Waals surface area contributed by atoms with Gasteiger partial charge in [0.2, 0.25) is 5.82 Å². The summed E-state index contributed by atoms with van der Waals surface area (Å²) >= 11 is 1.90. The first-order chi connectivity index (χ1) is 15.6. The predicted molar refractivity (Wildman–Crippen MR) is 124 cm³/mol. The van der Waals surface area contributed by atoms with E-state index in [2.05, 4.69) is 15.6 Å². The Morgan fingerprint density at radius 3 is 2.70 bits per heavy atom. The molecule has 33 heavy (non-hydrogen) atoms. The lowest BCUT2D eigenvalue weighted by atomic mass is 10.2. The number of carbonyl (C=O) groups excluding carboxylic acids is 1. The standard InChI is InChI=1S/C20H20F2IN5O5/c1-24-6-14(30)33-8-11(29)7-28-9-25-18-15(19(28)31)17(16(22)20(32)27(18)2)26-13-4-3-10(23)5-12(13)21/h3-5,9,11,24,26,29H,6-8H2,1-2H3. The van der Waals surface area contributed by atoms with E-state index >= 15 is 0 Å². The van der Waals surface area contributed by atoms with E-state index in [0.29, 0.717) is 3.57 Å². The van der Waals surface area contributed by atoms with Gasteiger partial charge in [0.05, 0.1) is 24.5 Å². The number of aliphatic hydroxyl groups excluding tert-OH is 1. The lowest BCUT2D eigenvalue weighted by Gasteiger charge is -2.16. The van der Waals surface area contributed by atoms with E-state index in [1.165, 1.54) is 19.2 Å². The number of nitrogens with zero attached hydrogens (tertiary/aromatic N) is 3. The van der Waals surface area contributed by atoms with Crippen molar-refractivity contribution in [2.45, 2.75) is 12.6 Å². The molecule has 0 bridgehead atoms. The number of esters is 1. The maximum atomic E-state index is 14.9. The van der Waals surface area contributed by atoms with Crippen LogP contribution in [0, 0.1) is 15.2 Å². The number of benzene rings is 1. The van der Waals surface area contributed by atoms with Crippen LogP contribution in [0.15, 0.2) is 34.1 Å². The molecule has 1 atom stereocenters. The van der Waals surface area contributed by atoms with Crippen molar-refractivity contribution in [1.82, 2.24) is 19.4 Å². The third-order valence-corrected chi connectivity index (χ3v) is 5.32. The largest absolute Gasteiger partial charge is 0.462 e. The molecule has 0 spiro atoms. The second kappa shape index (κ2) is 10.4. The van der Waals surface area contributed by atoms with Gasteiger partial charge in [0, 0.05) is 10.6 Å². The molecule has 0 aliphatic carbocycles. The summed E-state index contributed by atoms with van der Waals surface area (Å²) in [6.45, 7) is -0.760. The Bertz CT molecular complexity index is 1330. The van der Waals surface area contributed by atoms with Crippen LogP contribution in [0.2, 0.25) is 0 Å². The molecule has 0 aliphatic rings. The molecule has 2 heterocycles. The van der Waals surface area contributed by atoms with Gasteiger partial charge in [-0.2, -0.15) is 4.39 Å². The molecule has 10 nitrogen and oxygen atoms in total. The molecule has 0 saturated heterocycles. The molecule has 13 heteroatoms. The van der Waals surface area contributed by atoms with Gasteiger partial charge in [-0.3, -0.25) is 23.5 Å². The second-order valence-corrected chi connectivity index (χ2v) is 8.32. The number of hydrogen-bond acceptors (Lipinski definition) is 8. The fourth-order valence-electron chi connectivity index (χ4n) is 3.05. The highest BCUT2D eigenvalue weighted by Crippen LogP contribution is 2.26. The number of nitrogens with one attached hydrogen (secondary N) is 2. The van der Waals surface area contributed by atoms with Crippen LogP contribution in [0.4, 0.5) is 20.2 Å². The summed E-state index contributed by atoms with van der Waals surface area (Å²) in [6, 6.07) is 4.11. The third-order valence-electron chi connectivity index (χ3n) is 4.65. The maximum Gasteiger partial charge on any atom is 0.320 e. The van der Waals surface area contributed by atoms with Crippen molar-refractivity contribution >= 4 is 51.0 Å². The van der Waals surface area contributed by atoms with Crippen LogP contribution in [0.5, 0.6) is 0 Å². The molecule has 0 amide bonds. The minimum absolute atomic E-state index is 0.0539. The molecule has 3 aromatic rings. The minimum Gasteiger partial charge on any atom is -0.462 e. The van der Waals surface area contributed by atoms with Crippen LogP contribution in [0.3, 0.4) is 0 Å². The summed E-state index contributed by atoms with van der Waals surface area (Å²) in [4.78, 5) is 40.9. The molecule has 3 N–H and O–H groups in total. The number of aryl methyl sites for hydroxylation is 1. The Kier molecular flexibility index (Phi) is 7.76. The number of rotatable bonds is 8. The van der Waals surface area contributed by atoms with Gasteiger partial charge in [0.15, 0.2) is 5.65 Å². The lowest BCUT2D eigenvalue weighted by molar-refractivity contribution is -0.145. The van der Waals surface area contributed by atoms with Gasteiger partial charge in [0.25, 0.3) is 11.1 Å². The van der Waals surface area contributed by atoms with Gasteiger partial charge in [-0.25, -0.2) is 9.37 Å². The normalized spacial score (nSPS) is 12.1. The Hall–Kier alpha value is -2.91. The van der Waals surface area contributed by atoms with Gasteiger partial charge >= 0.3 is 5.97 Å². The summed E-state index contributed by atoms with van der Waals surface area (Å²) in [5.74, 6) is -2.59. The van der Waals surface area contributed by atoms with Crippen molar-refractivity contribution in [3.8, 4) is 0 Å². The zero-order valence-electron chi connectivity index (χ0n) is 17.6. The molecule has 0 aliphatic heterocycles. The van der Waals surface area contributed by atoms with E-state index in [1.807, 2.05) is 22.6 Å². The van der Waals surface area contributed by atoms with Gasteiger partial charge < -0.3 is 20.5 Å². The summed E-state index contributed by atoms with van der Waals surface area (Å²) in [7, 11) is 2.80. The van der Waals surface area contributed by atoms with Crippen molar-refractivity contribution in [2.75, 3.05) is 25.5 Å². The van der Waals surface area contributed by atoms with E-state index in [4.69, 9.17) is 4.74 Å². The minimum atomic E-state index is -1.29. The van der Waals surface area contributed by atoms with Crippen molar-refractivity contribution in [3.05, 3.63) is 60.4 Å². The number of anilines is 2. The topological polar surface area (TPSA) is 127 Å². The van der Waals surface area contributed by atoms with E-state index < -0.39 is 40.5 Å². The summed E-state index contributed by atoms with van der Waals surface area (Å²) in [5.41, 5.74) is -2.66. The average Bonchev–Trinajstić information content (AvgIpc) is 2.77. The Morgan fingerprint density at radius 1 is 1.30 bits per heavy atom. The van der Waals surface area contributed by atoms with Crippen LogP contribution in [-0.2, 0) is 23.1 Å². The first kappa shape index (κ1) is 24.7. The molecule has 0 saturated carbocycles. The zero-order valence-corrected chi connectivity index (χ0v) is 19.7. The van der Waals surface area contributed by atoms with E-state index in [-0.39, 0.29) is 36.4 Å². The third kappa shape index (κ3) is 5.36. The van der Waals surface area contributed by atoms with Crippen LogP contribution < -0.4 is 21.8 Å². The highest BCUT2D eigenvalue weighted by Gasteiger charge is 2.22. The molecule has 1 aromatic carbocycles. The fraction of sp³-hybridized carbons (Fsp3) is 0.300. The SMILES string of the molecule is CNCC(=O)OCC(O)Cn1cnc2c(c(Nc3ccc(I)cc3F)c(F)c(=O)n2C)c1=O. The maximum absolute atomic E-state index is 14.9. The summed E-state index contributed by atoms with van der Waals surface area (Å²) in [6.07, 6.45) is -0.180. The second-order valence-electron chi connectivity index (χ2n) is 7.07. The molecular formula is C20H20F2IN5O5. The van der Waals surface area contributed by atoms with Crippen molar-refractivity contribution in [3.63, 3.8) is 0 Å². The number of pyridine rings is 1. The zero-order chi connectivity index (χ0) is 24.3. The van der Waals surface area contributed by atoms with E-state index in [9.17, 15) is 28.3 Å². The number of aliphatic hydroxyl groups is 1.